The van der Waals surface area contributed by atoms with Crippen LogP contribution in [0.4, 0.5) is 5.69 Å². The van der Waals surface area contributed by atoms with E-state index in [1.165, 1.54) is 24.3 Å². The summed E-state index contributed by atoms with van der Waals surface area (Å²) in [6.45, 7) is 3.60. The number of carbonyl (C=O) groups is 4. The second kappa shape index (κ2) is 7.06. The van der Waals surface area contributed by atoms with E-state index in [9.17, 15) is 23.7 Å². The summed E-state index contributed by atoms with van der Waals surface area (Å²) >= 11 is 0. The van der Waals surface area contributed by atoms with E-state index in [0.29, 0.717) is 23.8 Å². The molecule has 0 spiro atoms. The molecule has 152 valence electrons. The fourth-order valence-electron chi connectivity index (χ4n) is 4.82. The SMILES string of the molecule is CC1(C)C2CCC1(C(=O)Nc1ccc(C(=O)[P+](=O)c3ccccc3)cc1)C(=O)C2=O. The molecular formula is C23H21NO5P+. The normalized spacial score (nSPS) is 24.6. The largest absolute Gasteiger partial charge is 0.458 e. The maximum atomic E-state index is 13.1. The third-order valence-electron chi connectivity index (χ3n) is 6.66. The average molecular weight is 422 g/mol. The number of Topliss-reactive ketones (excluding diaryl/α,β-unsaturated/α-hetero) is 2. The number of amides is 1. The molecule has 3 atom stereocenters. The number of anilines is 1. The monoisotopic (exact) mass is 422 g/mol. The molecule has 2 fully saturated rings. The van der Waals surface area contributed by atoms with Crippen LogP contribution in [0.15, 0.2) is 54.6 Å². The van der Waals surface area contributed by atoms with Crippen molar-refractivity contribution in [3.63, 3.8) is 0 Å². The van der Waals surface area contributed by atoms with Gasteiger partial charge in [-0.3, -0.25) is 14.4 Å². The highest BCUT2D eigenvalue weighted by Gasteiger charge is 2.72. The maximum Gasteiger partial charge on any atom is 0.458 e. The van der Waals surface area contributed by atoms with Gasteiger partial charge in [-0.25, -0.2) is 4.79 Å². The molecule has 30 heavy (non-hydrogen) atoms. The molecule has 0 radical (unpaired) electrons. The van der Waals surface area contributed by atoms with Crippen LogP contribution in [0.3, 0.4) is 0 Å². The zero-order valence-corrected chi connectivity index (χ0v) is 17.6. The lowest BCUT2D eigenvalue weighted by Crippen LogP contribution is -2.47. The van der Waals surface area contributed by atoms with Crippen LogP contribution in [0.25, 0.3) is 0 Å². The fourth-order valence-corrected chi connectivity index (χ4v) is 5.88. The molecule has 2 aromatic carbocycles. The van der Waals surface area contributed by atoms with Crippen LogP contribution in [-0.4, -0.2) is 23.0 Å². The maximum absolute atomic E-state index is 13.1. The Bertz CT molecular complexity index is 1090. The van der Waals surface area contributed by atoms with Crippen LogP contribution in [-0.2, 0) is 18.9 Å². The van der Waals surface area contributed by atoms with Gasteiger partial charge in [0.15, 0.2) is 5.30 Å². The summed E-state index contributed by atoms with van der Waals surface area (Å²) in [6, 6.07) is 14.6. The predicted molar refractivity (Wildman–Crippen MR) is 112 cm³/mol. The lowest BCUT2D eigenvalue weighted by atomic mass is 9.68. The molecule has 6 nitrogen and oxygen atoms in total. The Morgan fingerprint density at radius 3 is 2.20 bits per heavy atom. The minimum Gasteiger partial charge on any atom is -0.325 e. The van der Waals surface area contributed by atoms with Crippen molar-refractivity contribution in [2.45, 2.75) is 26.7 Å². The molecule has 0 aliphatic heterocycles. The van der Waals surface area contributed by atoms with Crippen LogP contribution in [0.5, 0.6) is 0 Å². The molecule has 2 saturated carbocycles. The van der Waals surface area contributed by atoms with Crippen LogP contribution in [0.1, 0.15) is 37.0 Å². The molecule has 1 N–H and O–H groups in total. The van der Waals surface area contributed by atoms with E-state index in [4.69, 9.17) is 0 Å². The van der Waals surface area contributed by atoms with Gasteiger partial charge in [0.25, 0.3) is 0 Å². The fraction of sp³-hybridized carbons (Fsp3) is 0.304. The zero-order valence-electron chi connectivity index (χ0n) is 16.7. The van der Waals surface area contributed by atoms with Gasteiger partial charge in [0, 0.05) is 11.6 Å². The number of hydrogen-bond acceptors (Lipinski definition) is 5. The van der Waals surface area contributed by atoms with Gasteiger partial charge in [-0.05, 0) is 54.7 Å². The van der Waals surface area contributed by atoms with Gasteiger partial charge in [-0.2, -0.15) is 0 Å². The first-order valence-corrected chi connectivity index (χ1v) is 11.0. The van der Waals surface area contributed by atoms with Crippen molar-refractivity contribution >= 4 is 41.8 Å². The third-order valence-corrected chi connectivity index (χ3v) is 8.05. The van der Waals surface area contributed by atoms with Crippen LogP contribution >= 0.6 is 7.80 Å². The molecule has 2 aliphatic rings. The van der Waals surface area contributed by atoms with Crippen molar-refractivity contribution in [2.24, 2.45) is 16.7 Å². The lowest BCUT2D eigenvalue weighted by Gasteiger charge is -2.33. The zero-order chi connectivity index (χ0) is 21.7. The Morgan fingerprint density at radius 1 is 1.00 bits per heavy atom. The summed E-state index contributed by atoms with van der Waals surface area (Å²) in [7, 11) is -2.23. The number of hydrogen-bond donors (Lipinski definition) is 1. The number of fused-ring (bicyclic) bond motifs is 2. The van der Waals surface area contributed by atoms with Gasteiger partial charge in [-0.1, -0.05) is 36.6 Å². The van der Waals surface area contributed by atoms with E-state index in [-0.39, 0.29) is 5.56 Å². The molecule has 2 bridgehead atoms. The number of ketones is 2. The highest BCUT2D eigenvalue weighted by atomic mass is 31.1. The molecule has 1 amide bonds. The van der Waals surface area contributed by atoms with Crippen LogP contribution in [0, 0.1) is 16.7 Å². The smallest absolute Gasteiger partial charge is 0.325 e. The first kappa shape index (κ1) is 20.3. The number of nitrogens with one attached hydrogen (secondary N) is 1. The van der Waals surface area contributed by atoms with Crippen molar-refractivity contribution in [1.82, 2.24) is 0 Å². The van der Waals surface area contributed by atoms with Crippen molar-refractivity contribution in [2.75, 3.05) is 5.32 Å². The molecular weight excluding hydrogens is 401 g/mol. The molecule has 0 heterocycles. The van der Waals surface area contributed by atoms with E-state index >= 15 is 0 Å². The van der Waals surface area contributed by atoms with Gasteiger partial charge in [0.1, 0.15) is 5.41 Å². The molecule has 0 saturated heterocycles. The second-order valence-corrected chi connectivity index (χ2v) is 9.89. The highest BCUT2D eigenvalue weighted by Crippen LogP contribution is 2.62. The molecule has 3 unspecified atom stereocenters. The first-order chi connectivity index (χ1) is 14.2. The molecule has 4 rings (SSSR count). The summed E-state index contributed by atoms with van der Waals surface area (Å²) in [4.78, 5) is 50.4. The topological polar surface area (TPSA) is 97.4 Å². The van der Waals surface area contributed by atoms with Crippen LogP contribution in [0.2, 0.25) is 0 Å². The first-order valence-electron chi connectivity index (χ1n) is 9.77. The van der Waals surface area contributed by atoms with Gasteiger partial charge in [-0.15, -0.1) is 0 Å². The van der Waals surface area contributed by atoms with E-state index < -0.39 is 47.5 Å². The highest BCUT2D eigenvalue weighted by molar-refractivity contribution is 7.71. The molecule has 2 aliphatic carbocycles. The van der Waals surface area contributed by atoms with Crippen molar-refractivity contribution < 1.29 is 23.7 Å². The predicted octanol–water partition coefficient (Wildman–Crippen LogP) is 3.49. The van der Waals surface area contributed by atoms with Crippen molar-refractivity contribution in [1.29, 1.82) is 0 Å². The summed E-state index contributed by atoms with van der Waals surface area (Å²) in [5, 5.41) is 3.19. The number of rotatable bonds is 5. The standard InChI is InChI=1S/C23H20NO5P/c1-22(2)17-12-13-23(22,19(26)18(17)25)21(28)24-15-10-8-14(9-11-15)20(27)30(29)16-6-4-3-5-7-16/h3-11,17H,12-13H2,1-2H3/p+1. The summed E-state index contributed by atoms with van der Waals surface area (Å²) < 4.78 is 12.5. The lowest BCUT2D eigenvalue weighted by molar-refractivity contribution is -0.147. The minimum atomic E-state index is -2.23. The van der Waals surface area contributed by atoms with E-state index in [1.54, 1.807) is 44.2 Å². The van der Waals surface area contributed by atoms with Crippen LogP contribution < -0.4 is 10.6 Å². The number of benzene rings is 2. The Kier molecular flexibility index (Phi) is 4.78. The van der Waals surface area contributed by atoms with Crippen molar-refractivity contribution in [3.8, 4) is 0 Å². The Morgan fingerprint density at radius 2 is 1.63 bits per heavy atom. The van der Waals surface area contributed by atoms with E-state index in [0.717, 1.165) is 0 Å². The summed E-state index contributed by atoms with van der Waals surface area (Å²) in [5.41, 5.74) is -1.89. The summed E-state index contributed by atoms with van der Waals surface area (Å²) in [6.07, 6.45) is 0.889. The average Bonchev–Trinajstić information content (AvgIpc) is 3.10. The molecule has 0 aromatic heterocycles. The van der Waals surface area contributed by atoms with E-state index in [1.807, 2.05) is 0 Å². The van der Waals surface area contributed by atoms with Gasteiger partial charge in [0.05, 0.1) is 5.56 Å². The summed E-state index contributed by atoms with van der Waals surface area (Å²) in [5.74, 6) is -1.95. The minimum absolute atomic E-state index is 0.268. The molecule has 2 aromatic rings. The molecule has 7 heteroatoms. The Labute approximate surface area is 174 Å². The van der Waals surface area contributed by atoms with Crippen molar-refractivity contribution in [3.05, 3.63) is 60.2 Å². The van der Waals surface area contributed by atoms with E-state index in [2.05, 4.69) is 5.32 Å². The third kappa shape index (κ3) is 2.78. The quantitative estimate of drug-likeness (QED) is 0.452. The number of carbonyl (C=O) groups excluding carboxylic acids is 4. The Hall–Kier alpha value is -2.98. The van der Waals surface area contributed by atoms with Gasteiger partial charge >= 0.3 is 13.3 Å². The van der Waals surface area contributed by atoms with Gasteiger partial charge in [0.2, 0.25) is 17.5 Å². The Balaban J connectivity index is 1.52. The van der Waals surface area contributed by atoms with Gasteiger partial charge < -0.3 is 5.32 Å². The second-order valence-electron chi connectivity index (χ2n) is 8.38.